The average Bonchev–Trinajstić information content (AvgIpc) is 2.82. The molecule has 116 valence electrons. The maximum absolute atomic E-state index is 5.39. The van der Waals surface area contributed by atoms with Gasteiger partial charge in [0.15, 0.2) is 11.5 Å². The summed E-state index contributed by atoms with van der Waals surface area (Å²) in [5, 5.41) is 0. The second kappa shape index (κ2) is 6.85. The second-order valence-electron chi connectivity index (χ2n) is 4.80. The number of methoxy groups -OCH3 is 3. The van der Waals surface area contributed by atoms with Gasteiger partial charge in [0.05, 0.1) is 21.3 Å². The van der Waals surface area contributed by atoms with E-state index in [4.69, 9.17) is 14.2 Å². The Morgan fingerprint density at radius 1 is 0.952 bits per heavy atom. The van der Waals surface area contributed by atoms with Crippen molar-refractivity contribution in [2.24, 2.45) is 0 Å². The predicted molar refractivity (Wildman–Crippen MR) is 85.8 cm³/mol. The molecule has 0 saturated carbocycles. The van der Waals surface area contributed by atoms with Gasteiger partial charge in [0.2, 0.25) is 5.75 Å². The predicted octanol–water partition coefficient (Wildman–Crippen LogP) is 2.58. The molecule has 1 aromatic rings. The van der Waals surface area contributed by atoms with Crippen molar-refractivity contribution in [2.45, 2.75) is 11.3 Å². The van der Waals surface area contributed by atoms with Crippen LogP contribution in [0.5, 0.6) is 17.2 Å². The van der Waals surface area contributed by atoms with Crippen molar-refractivity contribution in [3.05, 3.63) is 30.1 Å². The van der Waals surface area contributed by atoms with E-state index in [0.29, 0.717) is 22.7 Å². The summed E-state index contributed by atoms with van der Waals surface area (Å²) in [4.78, 5) is 4.37. The molecule has 0 aromatic heterocycles. The van der Waals surface area contributed by atoms with Gasteiger partial charge in [0, 0.05) is 32.2 Å². The number of rotatable bonds is 6. The lowest BCUT2D eigenvalue weighted by atomic mass is 10.2. The largest absolute Gasteiger partial charge is 0.493 e. The molecule has 6 heteroatoms. The Bertz CT molecular complexity index is 485. The van der Waals surface area contributed by atoms with Crippen molar-refractivity contribution in [1.82, 2.24) is 9.80 Å². The maximum Gasteiger partial charge on any atom is 0.203 e. The van der Waals surface area contributed by atoms with Gasteiger partial charge in [-0.05, 0) is 17.7 Å². The summed E-state index contributed by atoms with van der Waals surface area (Å²) in [6.07, 6.45) is 4.15. The number of benzene rings is 1. The monoisotopic (exact) mass is 310 g/mol. The van der Waals surface area contributed by atoms with Gasteiger partial charge in [-0.15, -0.1) is 11.8 Å². The number of hydrogen-bond acceptors (Lipinski definition) is 6. The second-order valence-corrected chi connectivity index (χ2v) is 5.84. The topological polar surface area (TPSA) is 34.2 Å². The van der Waals surface area contributed by atoms with Gasteiger partial charge >= 0.3 is 0 Å². The van der Waals surface area contributed by atoms with Gasteiger partial charge < -0.3 is 24.0 Å². The average molecular weight is 310 g/mol. The molecule has 21 heavy (non-hydrogen) atoms. The molecule has 0 atom stereocenters. The van der Waals surface area contributed by atoms with E-state index < -0.39 is 0 Å². The summed E-state index contributed by atoms with van der Waals surface area (Å²) in [6, 6.07) is 3.99. The fraction of sp³-hybridized carbons (Fsp3) is 0.467. The summed E-state index contributed by atoms with van der Waals surface area (Å²) in [6.45, 7) is 0. The molecule has 1 aliphatic rings. The van der Waals surface area contributed by atoms with Crippen LogP contribution in [0.4, 0.5) is 0 Å². The number of hydrogen-bond donors (Lipinski definition) is 0. The molecule has 0 spiro atoms. The lowest BCUT2D eigenvalue weighted by Gasteiger charge is -2.26. The number of nitrogens with zero attached hydrogens (tertiary/aromatic N) is 2. The lowest BCUT2D eigenvalue weighted by Crippen LogP contribution is -2.30. The summed E-state index contributed by atoms with van der Waals surface area (Å²) in [5.74, 6) is 2.88. The quantitative estimate of drug-likeness (QED) is 0.803. The summed E-state index contributed by atoms with van der Waals surface area (Å²) in [7, 11) is 9.04. The third-order valence-corrected chi connectivity index (χ3v) is 4.82. The Morgan fingerprint density at radius 2 is 1.48 bits per heavy atom. The van der Waals surface area contributed by atoms with Crippen molar-refractivity contribution in [3.8, 4) is 17.2 Å². The molecule has 1 heterocycles. The fourth-order valence-electron chi connectivity index (χ4n) is 2.27. The molecule has 0 amide bonds. The third-order valence-electron chi connectivity index (χ3n) is 3.36. The Balaban J connectivity index is 2.13. The molecule has 2 rings (SSSR count). The normalized spacial score (nSPS) is 14.7. The molecule has 5 nitrogen and oxygen atoms in total. The molecule has 0 fully saturated rings. The van der Waals surface area contributed by atoms with Crippen LogP contribution in [-0.4, -0.2) is 50.7 Å². The summed E-state index contributed by atoms with van der Waals surface area (Å²) >= 11 is 1.84. The molecule has 0 bridgehead atoms. The van der Waals surface area contributed by atoms with E-state index in [9.17, 15) is 0 Å². The highest BCUT2D eigenvalue weighted by Gasteiger charge is 2.21. The first kappa shape index (κ1) is 15.7. The SMILES string of the molecule is COc1cc(CSC2N(C)C=CN2C)cc(OC)c1OC. The van der Waals surface area contributed by atoms with E-state index in [1.54, 1.807) is 21.3 Å². The Kier molecular flexibility index (Phi) is 5.12. The molecular weight excluding hydrogens is 288 g/mol. The van der Waals surface area contributed by atoms with Crippen LogP contribution < -0.4 is 14.2 Å². The van der Waals surface area contributed by atoms with E-state index in [0.717, 1.165) is 11.3 Å². The first-order valence-corrected chi connectivity index (χ1v) is 7.68. The zero-order chi connectivity index (χ0) is 15.4. The van der Waals surface area contributed by atoms with Crippen LogP contribution in [0.15, 0.2) is 24.5 Å². The highest BCUT2D eigenvalue weighted by molar-refractivity contribution is 7.99. The first-order valence-electron chi connectivity index (χ1n) is 6.63. The summed E-state index contributed by atoms with van der Waals surface area (Å²) < 4.78 is 16.1. The minimum absolute atomic E-state index is 0.309. The van der Waals surface area contributed by atoms with Crippen molar-refractivity contribution < 1.29 is 14.2 Å². The minimum Gasteiger partial charge on any atom is -0.493 e. The van der Waals surface area contributed by atoms with E-state index in [2.05, 4.69) is 36.3 Å². The van der Waals surface area contributed by atoms with E-state index in [-0.39, 0.29) is 0 Å². The maximum atomic E-state index is 5.39. The van der Waals surface area contributed by atoms with Crippen LogP contribution in [0.1, 0.15) is 5.56 Å². The molecular formula is C15H22N2O3S. The smallest absolute Gasteiger partial charge is 0.203 e. The Labute approximate surface area is 130 Å². The van der Waals surface area contributed by atoms with Crippen LogP contribution in [0, 0.1) is 0 Å². The standard InChI is InChI=1S/C15H22N2O3S/c1-16-6-7-17(2)15(16)21-10-11-8-12(18-3)14(20-5)13(9-11)19-4/h6-9,15H,10H2,1-5H3. The van der Waals surface area contributed by atoms with Gasteiger partial charge in [0.1, 0.15) is 5.50 Å². The van der Waals surface area contributed by atoms with E-state index in [1.165, 1.54) is 0 Å². The zero-order valence-corrected chi connectivity index (χ0v) is 13.9. The van der Waals surface area contributed by atoms with Gasteiger partial charge in [-0.1, -0.05) is 0 Å². The van der Waals surface area contributed by atoms with Gasteiger partial charge in [-0.25, -0.2) is 0 Å². The van der Waals surface area contributed by atoms with Crippen LogP contribution in [0.25, 0.3) is 0 Å². The molecule has 0 saturated heterocycles. The first-order chi connectivity index (χ1) is 10.1. The highest BCUT2D eigenvalue weighted by Crippen LogP contribution is 2.39. The lowest BCUT2D eigenvalue weighted by molar-refractivity contribution is 0.301. The van der Waals surface area contributed by atoms with Crippen molar-refractivity contribution in [1.29, 1.82) is 0 Å². The highest BCUT2D eigenvalue weighted by atomic mass is 32.2. The number of ether oxygens (including phenoxy) is 3. The van der Waals surface area contributed by atoms with Crippen molar-refractivity contribution in [2.75, 3.05) is 35.4 Å². The van der Waals surface area contributed by atoms with Crippen LogP contribution in [0.3, 0.4) is 0 Å². The fourth-order valence-corrected chi connectivity index (χ4v) is 3.39. The molecule has 0 radical (unpaired) electrons. The van der Waals surface area contributed by atoms with Crippen molar-refractivity contribution >= 4 is 11.8 Å². The van der Waals surface area contributed by atoms with Crippen molar-refractivity contribution in [3.63, 3.8) is 0 Å². The van der Waals surface area contributed by atoms with Gasteiger partial charge in [-0.3, -0.25) is 0 Å². The van der Waals surface area contributed by atoms with E-state index >= 15 is 0 Å². The number of thioether (sulfide) groups is 1. The third kappa shape index (κ3) is 3.32. The Hall–Kier alpha value is -1.69. The zero-order valence-electron chi connectivity index (χ0n) is 13.1. The van der Waals surface area contributed by atoms with Gasteiger partial charge in [-0.2, -0.15) is 0 Å². The van der Waals surface area contributed by atoms with E-state index in [1.807, 2.05) is 23.9 Å². The van der Waals surface area contributed by atoms with Crippen LogP contribution in [0.2, 0.25) is 0 Å². The molecule has 1 aliphatic heterocycles. The Morgan fingerprint density at radius 3 is 1.90 bits per heavy atom. The minimum atomic E-state index is 0.309. The molecule has 0 aliphatic carbocycles. The molecule has 0 N–H and O–H groups in total. The molecule has 0 unspecified atom stereocenters. The van der Waals surface area contributed by atoms with Crippen LogP contribution in [-0.2, 0) is 5.75 Å². The van der Waals surface area contributed by atoms with Crippen LogP contribution >= 0.6 is 11.8 Å². The molecule has 1 aromatic carbocycles. The summed E-state index contributed by atoms with van der Waals surface area (Å²) in [5.41, 5.74) is 1.45. The van der Waals surface area contributed by atoms with Gasteiger partial charge in [0.25, 0.3) is 0 Å².